The Kier molecular flexibility index (Phi) is 7.89. The highest BCUT2D eigenvalue weighted by atomic mass is 35.5. The molecule has 0 atom stereocenters. The number of fused-ring (bicyclic) bond motifs is 1. The van der Waals surface area contributed by atoms with Gasteiger partial charge in [0.2, 0.25) is 5.91 Å². The van der Waals surface area contributed by atoms with Crippen molar-refractivity contribution in [2.45, 2.75) is 53.1 Å². The molecule has 0 N–H and O–H groups in total. The molecular weight excluding hydrogens is 452 g/mol. The molecule has 1 amide bonds. The lowest BCUT2D eigenvalue weighted by molar-refractivity contribution is -0.131. The van der Waals surface area contributed by atoms with Crippen LogP contribution in [0.25, 0.3) is 5.69 Å². The Morgan fingerprint density at radius 2 is 2.03 bits per heavy atom. The summed E-state index contributed by atoms with van der Waals surface area (Å²) in [6, 6.07) is 11.9. The second kappa shape index (κ2) is 10.9. The van der Waals surface area contributed by atoms with Gasteiger partial charge in [-0.25, -0.2) is 4.68 Å². The van der Waals surface area contributed by atoms with Crippen LogP contribution in [0.5, 0.6) is 0 Å². The van der Waals surface area contributed by atoms with E-state index in [4.69, 9.17) is 16.7 Å². The summed E-state index contributed by atoms with van der Waals surface area (Å²) in [5.74, 6) is 0.560. The maximum absolute atomic E-state index is 13.3. The minimum absolute atomic E-state index is 0.169. The first-order valence-corrected chi connectivity index (χ1v) is 13.1. The third kappa shape index (κ3) is 5.86. The van der Waals surface area contributed by atoms with Crippen LogP contribution in [-0.4, -0.2) is 45.1 Å². The molecule has 1 aliphatic heterocycles. The van der Waals surface area contributed by atoms with E-state index in [1.54, 1.807) is 11.3 Å². The van der Waals surface area contributed by atoms with Crippen LogP contribution in [0.3, 0.4) is 0 Å². The number of carbonyl (C=O) groups is 1. The van der Waals surface area contributed by atoms with Gasteiger partial charge in [0.25, 0.3) is 0 Å². The predicted octanol–water partition coefficient (Wildman–Crippen LogP) is 5.58. The van der Waals surface area contributed by atoms with Crippen molar-refractivity contribution in [1.82, 2.24) is 19.6 Å². The molecule has 176 valence electrons. The maximum Gasteiger partial charge on any atom is 0.228 e. The normalized spacial score (nSPS) is 14.0. The van der Waals surface area contributed by atoms with Gasteiger partial charge in [-0.15, -0.1) is 11.3 Å². The van der Waals surface area contributed by atoms with Crippen LogP contribution in [0.1, 0.15) is 49.0 Å². The Hall–Kier alpha value is -2.15. The molecule has 0 unspecified atom stereocenters. The van der Waals surface area contributed by atoms with Gasteiger partial charge in [0.15, 0.2) is 0 Å². The topological polar surface area (TPSA) is 41.4 Å². The summed E-state index contributed by atoms with van der Waals surface area (Å²) in [5, 5.41) is 7.82. The zero-order valence-electron chi connectivity index (χ0n) is 19.8. The molecule has 1 aliphatic rings. The van der Waals surface area contributed by atoms with Gasteiger partial charge in [-0.05, 0) is 54.6 Å². The van der Waals surface area contributed by atoms with Crippen molar-refractivity contribution in [3.63, 3.8) is 0 Å². The maximum atomic E-state index is 13.3. The second-order valence-electron chi connectivity index (χ2n) is 9.21. The highest BCUT2D eigenvalue weighted by Crippen LogP contribution is 2.27. The first-order chi connectivity index (χ1) is 15.9. The number of thiophene rings is 1. The number of nitrogens with zero attached hydrogens (tertiary/aromatic N) is 4. The molecular formula is C26H33ClN4OS. The molecule has 33 heavy (non-hydrogen) atoms. The molecule has 0 aliphatic carbocycles. The summed E-state index contributed by atoms with van der Waals surface area (Å²) in [5.41, 5.74) is 4.57. The van der Waals surface area contributed by atoms with Gasteiger partial charge in [0.1, 0.15) is 0 Å². The summed E-state index contributed by atoms with van der Waals surface area (Å²) in [6.45, 7) is 10.8. The number of amides is 1. The summed E-state index contributed by atoms with van der Waals surface area (Å²) >= 11 is 7.77. The average molecular weight is 485 g/mol. The molecule has 1 aromatic carbocycles. The van der Waals surface area contributed by atoms with Crippen molar-refractivity contribution in [1.29, 1.82) is 0 Å². The molecule has 4 rings (SSSR count). The second-order valence-corrected chi connectivity index (χ2v) is 10.7. The monoisotopic (exact) mass is 484 g/mol. The lowest BCUT2D eigenvalue weighted by Gasteiger charge is -2.28. The fourth-order valence-corrected chi connectivity index (χ4v) is 5.34. The van der Waals surface area contributed by atoms with Crippen molar-refractivity contribution >= 4 is 28.8 Å². The predicted molar refractivity (Wildman–Crippen MR) is 136 cm³/mol. The van der Waals surface area contributed by atoms with E-state index in [2.05, 4.69) is 30.4 Å². The number of hydrogen-bond acceptors (Lipinski definition) is 4. The Bertz CT molecular complexity index is 1060. The zero-order valence-corrected chi connectivity index (χ0v) is 21.3. The number of aromatic nitrogens is 2. The van der Waals surface area contributed by atoms with E-state index in [0.29, 0.717) is 18.9 Å². The number of benzene rings is 1. The zero-order chi connectivity index (χ0) is 23.4. The SMILES string of the molecule is CCCN1CCc2c(c(CN(CC(C)C)C(=O)Cc3cccs3)nn2-c2ccc(Cl)cc2)C1. The molecule has 0 fully saturated rings. The number of halogens is 1. The molecule has 0 spiro atoms. The summed E-state index contributed by atoms with van der Waals surface area (Å²) in [6.07, 6.45) is 2.54. The van der Waals surface area contributed by atoms with Crippen molar-refractivity contribution in [3.05, 3.63) is 68.6 Å². The highest BCUT2D eigenvalue weighted by Gasteiger charge is 2.27. The molecule has 3 aromatic rings. The Morgan fingerprint density at radius 3 is 2.70 bits per heavy atom. The molecule has 0 bridgehead atoms. The van der Waals surface area contributed by atoms with E-state index in [9.17, 15) is 4.79 Å². The minimum Gasteiger partial charge on any atom is -0.336 e. The summed E-state index contributed by atoms with van der Waals surface area (Å²) < 4.78 is 2.07. The van der Waals surface area contributed by atoms with Crippen LogP contribution in [-0.2, 0) is 30.7 Å². The van der Waals surface area contributed by atoms with Crippen molar-refractivity contribution in [3.8, 4) is 5.69 Å². The van der Waals surface area contributed by atoms with Gasteiger partial charge >= 0.3 is 0 Å². The number of hydrogen-bond donors (Lipinski definition) is 0. The minimum atomic E-state index is 0.169. The number of rotatable bonds is 9. The van der Waals surface area contributed by atoms with E-state index < -0.39 is 0 Å². The Morgan fingerprint density at radius 1 is 1.24 bits per heavy atom. The highest BCUT2D eigenvalue weighted by molar-refractivity contribution is 7.10. The van der Waals surface area contributed by atoms with Crippen LogP contribution in [0.4, 0.5) is 0 Å². The van der Waals surface area contributed by atoms with Gasteiger partial charge in [-0.2, -0.15) is 5.10 Å². The van der Waals surface area contributed by atoms with Crippen molar-refractivity contribution < 1.29 is 4.79 Å². The van der Waals surface area contributed by atoms with Crippen LogP contribution >= 0.6 is 22.9 Å². The molecule has 0 radical (unpaired) electrons. The van der Waals surface area contributed by atoms with Gasteiger partial charge in [-0.1, -0.05) is 38.4 Å². The fourth-order valence-electron chi connectivity index (χ4n) is 4.52. The van der Waals surface area contributed by atoms with Crippen molar-refractivity contribution in [2.24, 2.45) is 5.92 Å². The molecule has 0 saturated carbocycles. The van der Waals surface area contributed by atoms with Crippen LogP contribution in [0.15, 0.2) is 41.8 Å². The van der Waals surface area contributed by atoms with Crippen LogP contribution in [0, 0.1) is 5.92 Å². The van der Waals surface area contributed by atoms with E-state index in [0.717, 1.165) is 60.3 Å². The third-order valence-corrected chi connectivity index (χ3v) is 7.14. The Labute approximate surface area is 206 Å². The van der Waals surface area contributed by atoms with Crippen molar-refractivity contribution in [2.75, 3.05) is 19.6 Å². The molecule has 7 heteroatoms. The first-order valence-electron chi connectivity index (χ1n) is 11.8. The van der Waals surface area contributed by atoms with E-state index in [-0.39, 0.29) is 5.91 Å². The Balaban J connectivity index is 1.66. The lowest BCUT2D eigenvalue weighted by atomic mass is 10.0. The van der Waals surface area contributed by atoms with Gasteiger partial charge in [0, 0.05) is 41.5 Å². The first kappa shape index (κ1) is 24.0. The standard InChI is InChI=1S/C26H33ClN4OS/c1-4-12-29-13-11-25-23(17-29)24(28-31(25)21-9-7-20(27)8-10-21)18-30(16-19(2)3)26(32)15-22-6-5-14-33-22/h5-10,14,19H,4,11-13,15-18H2,1-3H3. The summed E-state index contributed by atoms with van der Waals surface area (Å²) in [4.78, 5) is 18.9. The summed E-state index contributed by atoms with van der Waals surface area (Å²) in [7, 11) is 0. The number of carbonyl (C=O) groups excluding carboxylic acids is 1. The lowest BCUT2D eigenvalue weighted by Crippen LogP contribution is -2.36. The molecule has 3 heterocycles. The van der Waals surface area contributed by atoms with Gasteiger partial charge in [-0.3, -0.25) is 9.69 Å². The van der Waals surface area contributed by atoms with Gasteiger partial charge in [0.05, 0.1) is 30.0 Å². The van der Waals surface area contributed by atoms with E-state index in [1.165, 1.54) is 11.3 Å². The molecule has 2 aromatic heterocycles. The average Bonchev–Trinajstić information content (AvgIpc) is 3.42. The fraction of sp³-hybridized carbons (Fsp3) is 0.462. The van der Waals surface area contributed by atoms with E-state index in [1.807, 2.05) is 46.7 Å². The quantitative estimate of drug-likeness (QED) is 0.398. The largest absolute Gasteiger partial charge is 0.336 e. The third-order valence-electron chi connectivity index (χ3n) is 6.02. The van der Waals surface area contributed by atoms with E-state index >= 15 is 0 Å². The smallest absolute Gasteiger partial charge is 0.228 e. The molecule has 5 nitrogen and oxygen atoms in total. The van der Waals surface area contributed by atoms with Crippen LogP contribution in [0.2, 0.25) is 5.02 Å². The van der Waals surface area contributed by atoms with Crippen LogP contribution < -0.4 is 0 Å². The van der Waals surface area contributed by atoms with Gasteiger partial charge < -0.3 is 4.90 Å². The molecule has 0 saturated heterocycles.